The molecule has 2 fully saturated rings. The van der Waals surface area contributed by atoms with Gasteiger partial charge in [0.05, 0.1) is 18.8 Å². The molecule has 0 amide bonds. The molecule has 1 aliphatic carbocycles. The van der Waals surface area contributed by atoms with Crippen molar-refractivity contribution in [3.63, 3.8) is 0 Å². The minimum atomic E-state index is -3.74. The quantitative estimate of drug-likeness (QED) is 0.713. The topological polar surface area (TPSA) is 104 Å². The third kappa shape index (κ3) is 2.48. The van der Waals surface area contributed by atoms with Crippen molar-refractivity contribution < 1.29 is 18.3 Å². The molecule has 1 saturated heterocycles. The number of aromatic nitrogens is 2. The zero-order valence-corrected chi connectivity index (χ0v) is 12.1. The van der Waals surface area contributed by atoms with Crippen LogP contribution in [0.25, 0.3) is 0 Å². The lowest BCUT2D eigenvalue weighted by Crippen LogP contribution is -2.41. The molecule has 2 aliphatic rings. The molecule has 2 unspecified atom stereocenters. The first-order chi connectivity index (χ1) is 9.53. The average molecular weight is 301 g/mol. The van der Waals surface area contributed by atoms with Crippen LogP contribution in [0.2, 0.25) is 0 Å². The molecule has 2 heterocycles. The number of hydrogen-bond acceptors (Lipinski definition) is 5. The van der Waals surface area contributed by atoms with Crippen molar-refractivity contribution in [3.05, 3.63) is 11.3 Å². The van der Waals surface area contributed by atoms with Crippen molar-refractivity contribution in [2.75, 3.05) is 6.61 Å². The highest BCUT2D eigenvalue weighted by Crippen LogP contribution is 2.39. The van der Waals surface area contributed by atoms with E-state index in [0.717, 1.165) is 12.8 Å². The third-order valence-corrected chi connectivity index (χ3v) is 5.44. The van der Waals surface area contributed by atoms with E-state index in [9.17, 15) is 13.5 Å². The molecule has 7 nitrogen and oxygen atoms in total. The lowest BCUT2D eigenvalue weighted by atomic mass is 10.1. The zero-order valence-electron chi connectivity index (χ0n) is 11.3. The Hall–Kier alpha value is -0.960. The van der Waals surface area contributed by atoms with E-state index in [0.29, 0.717) is 30.2 Å². The predicted octanol–water partition coefficient (Wildman–Crippen LogP) is 0.0562. The molecule has 1 saturated carbocycles. The van der Waals surface area contributed by atoms with E-state index in [1.165, 1.54) is 0 Å². The lowest BCUT2D eigenvalue weighted by molar-refractivity contribution is 0.0848. The van der Waals surface area contributed by atoms with Crippen LogP contribution in [0.4, 0.5) is 0 Å². The van der Waals surface area contributed by atoms with Crippen molar-refractivity contribution in [2.24, 2.45) is 5.92 Å². The SMILES string of the molecule is Cc1[nH]nc(S(=O)(=O)NC2CCOC2C2CC2)c1CO. The Morgan fingerprint density at radius 3 is 2.85 bits per heavy atom. The maximum Gasteiger partial charge on any atom is 0.260 e. The Morgan fingerprint density at radius 1 is 1.45 bits per heavy atom. The van der Waals surface area contributed by atoms with Gasteiger partial charge in [-0.15, -0.1) is 0 Å². The highest BCUT2D eigenvalue weighted by Gasteiger charge is 2.42. The predicted molar refractivity (Wildman–Crippen MR) is 70.4 cm³/mol. The van der Waals surface area contributed by atoms with Crippen LogP contribution in [-0.2, 0) is 21.4 Å². The van der Waals surface area contributed by atoms with Crippen molar-refractivity contribution in [1.82, 2.24) is 14.9 Å². The molecule has 3 N–H and O–H groups in total. The van der Waals surface area contributed by atoms with Crippen LogP contribution in [0.1, 0.15) is 30.5 Å². The summed E-state index contributed by atoms with van der Waals surface area (Å²) in [7, 11) is -3.74. The Labute approximate surface area is 117 Å². The molecule has 2 atom stereocenters. The summed E-state index contributed by atoms with van der Waals surface area (Å²) in [5.41, 5.74) is 0.883. The fourth-order valence-corrected chi connectivity index (χ4v) is 4.19. The smallest absolute Gasteiger partial charge is 0.260 e. The van der Waals surface area contributed by atoms with E-state index in [2.05, 4.69) is 14.9 Å². The average Bonchev–Trinajstić information content (AvgIpc) is 3.02. The van der Waals surface area contributed by atoms with Gasteiger partial charge in [0, 0.05) is 17.9 Å². The normalized spacial score (nSPS) is 27.1. The zero-order chi connectivity index (χ0) is 14.3. The summed E-state index contributed by atoms with van der Waals surface area (Å²) in [6.45, 7) is 1.91. The number of ether oxygens (including phenoxy) is 1. The van der Waals surface area contributed by atoms with Crippen molar-refractivity contribution >= 4 is 10.0 Å². The monoisotopic (exact) mass is 301 g/mol. The van der Waals surface area contributed by atoms with Crippen molar-refractivity contribution in [2.45, 2.75) is 50.0 Å². The second kappa shape index (κ2) is 5.10. The number of aliphatic hydroxyl groups is 1. The van der Waals surface area contributed by atoms with Crippen LogP contribution in [-0.4, -0.2) is 42.5 Å². The second-order valence-corrected chi connectivity index (χ2v) is 7.11. The van der Waals surface area contributed by atoms with E-state index < -0.39 is 10.0 Å². The molecule has 1 aromatic heterocycles. The Kier molecular flexibility index (Phi) is 3.57. The van der Waals surface area contributed by atoms with E-state index >= 15 is 0 Å². The van der Waals surface area contributed by atoms with Gasteiger partial charge in [0.25, 0.3) is 10.0 Å². The summed E-state index contributed by atoms with van der Waals surface area (Å²) in [4.78, 5) is 0. The number of hydrogen-bond donors (Lipinski definition) is 3. The first-order valence-electron chi connectivity index (χ1n) is 6.81. The van der Waals surface area contributed by atoms with Crippen LogP contribution in [0, 0.1) is 12.8 Å². The molecule has 8 heteroatoms. The van der Waals surface area contributed by atoms with Gasteiger partial charge in [-0.1, -0.05) is 0 Å². The number of aliphatic hydroxyl groups excluding tert-OH is 1. The number of nitrogens with one attached hydrogen (secondary N) is 2. The molecule has 1 aliphatic heterocycles. The molecule has 112 valence electrons. The van der Waals surface area contributed by atoms with Crippen LogP contribution in [0.3, 0.4) is 0 Å². The molecule has 0 bridgehead atoms. The van der Waals surface area contributed by atoms with Crippen LogP contribution in [0.5, 0.6) is 0 Å². The number of aromatic amines is 1. The Morgan fingerprint density at radius 2 is 2.20 bits per heavy atom. The van der Waals surface area contributed by atoms with E-state index in [-0.39, 0.29) is 23.8 Å². The van der Waals surface area contributed by atoms with Gasteiger partial charge in [-0.2, -0.15) is 5.10 Å². The molecule has 0 aromatic carbocycles. The Bertz CT molecular complexity index is 594. The van der Waals surface area contributed by atoms with Gasteiger partial charge in [-0.25, -0.2) is 13.1 Å². The first kappa shape index (κ1) is 14.0. The van der Waals surface area contributed by atoms with Crippen LogP contribution in [0.15, 0.2) is 5.03 Å². The van der Waals surface area contributed by atoms with Crippen LogP contribution >= 0.6 is 0 Å². The van der Waals surface area contributed by atoms with Gasteiger partial charge < -0.3 is 9.84 Å². The fourth-order valence-electron chi connectivity index (χ4n) is 2.72. The first-order valence-corrected chi connectivity index (χ1v) is 8.30. The highest BCUT2D eigenvalue weighted by atomic mass is 32.2. The molecule has 1 aromatic rings. The van der Waals surface area contributed by atoms with Crippen LogP contribution < -0.4 is 4.72 Å². The minimum absolute atomic E-state index is 0.0256. The molecular formula is C12H19N3O4S. The van der Waals surface area contributed by atoms with Crippen molar-refractivity contribution in [3.8, 4) is 0 Å². The molecule has 3 rings (SSSR count). The largest absolute Gasteiger partial charge is 0.392 e. The summed E-state index contributed by atoms with van der Waals surface area (Å²) in [5.74, 6) is 0.475. The van der Waals surface area contributed by atoms with Gasteiger partial charge in [0.1, 0.15) is 0 Å². The van der Waals surface area contributed by atoms with E-state index in [1.54, 1.807) is 6.92 Å². The van der Waals surface area contributed by atoms with Gasteiger partial charge in [0.2, 0.25) is 0 Å². The summed E-state index contributed by atoms with van der Waals surface area (Å²) in [5, 5.41) is 15.6. The number of nitrogens with zero attached hydrogens (tertiary/aromatic N) is 1. The maximum atomic E-state index is 12.4. The molecular weight excluding hydrogens is 282 g/mol. The maximum absolute atomic E-state index is 12.4. The third-order valence-electron chi connectivity index (χ3n) is 3.98. The highest BCUT2D eigenvalue weighted by molar-refractivity contribution is 7.89. The number of rotatable bonds is 5. The number of H-pyrrole nitrogens is 1. The van der Waals surface area contributed by atoms with E-state index in [4.69, 9.17) is 4.74 Å². The fraction of sp³-hybridized carbons (Fsp3) is 0.750. The molecule has 0 spiro atoms. The lowest BCUT2D eigenvalue weighted by Gasteiger charge is -2.19. The summed E-state index contributed by atoms with van der Waals surface area (Å²) >= 11 is 0. The number of aryl methyl sites for hydroxylation is 1. The Balaban J connectivity index is 1.81. The number of sulfonamides is 1. The minimum Gasteiger partial charge on any atom is -0.392 e. The second-order valence-electron chi connectivity index (χ2n) is 5.48. The van der Waals surface area contributed by atoms with Gasteiger partial charge >= 0.3 is 0 Å². The standard InChI is InChI=1S/C12H19N3O4S/c1-7-9(6-16)12(14-13-7)20(17,18)15-10-4-5-19-11(10)8-2-3-8/h8,10-11,15-16H,2-6H2,1H3,(H,13,14). The summed E-state index contributed by atoms with van der Waals surface area (Å²) < 4.78 is 33.1. The summed E-state index contributed by atoms with van der Waals surface area (Å²) in [6, 6.07) is -0.198. The van der Waals surface area contributed by atoms with Crippen molar-refractivity contribution in [1.29, 1.82) is 0 Å². The molecule has 0 radical (unpaired) electrons. The van der Waals surface area contributed by atoms with E-state index in [1.807, 2.05) is 0 Å². The van der Waals surface area contributed by atoms with Gasteiger partial charge in [0.15, 0.2) is 5.03 Å². The summed E-state index contributed by atoms with van der Waals surface area (Å²) in [6.07, 6.45) is 2.86. The van der Waals surface area contributed by atoms with Gasteiger partial charge in [-0.3, -0.25) is 5.10 Å². The van der Waals surface area contributed by atoms with Gasteiger partial charge in [-0.05, 0) is 32.1 Å². The molecule has 20 heavy (non-hydrogen) atoms.